The highest BCUT2D eigenvalue weighted by Crippen LogP contribution is 2.32. The summed E-state index contributed by atoms with van der Waals surface area (Å²) in [5.74, 6) is 0.812. The molecule has 0 radical (unpaired) electrons. The van der Waals surface area contributed by atoms with Crippen LogP contribution in [0.5, 0.6) is 0 Å². The van der Waals surface area contributed by atoms with Crippen molar-refractivity contribution in [2.24, 2.45) is 5.41 Å². The lowest BCUT2D eigenvalue weighted by Crippen LogP contribution is -2.36. The normalized spacial score (nSPS) is 11.9. The van der Waals surface area contributed by atoms with E-state index in [1.807, 2.05) is 0 Å². The van der Waals surface area contributed by atoms with E-state index in [4.69, 9.17) is 10.1 Å². The van der Waals surface area contributed by atoms with E-state index in [9.17, 15) is 0 Å². The van der Waals surface area contributed by atoms with Crippen LogP contribution in [-0.2, 0) is 6.42 Å². The summed E-state index contributed by atoms with van der Waals surface area (Å²) in [7, 11) is 4.11. The van der Waals surface area contributed by atoms with Gasteiger partial charge in [-0.3, -0.25) is 0 Å². The SMILES string of the molecule is CC(C)N(c1ccc(-c2nnc(CCCC(C)(C)C)nc2-c2ccc(N(C)C)cc2)cc1)C(C)C. The predicted octanol–water partition coefficient (Wildman–Crippen LogP) is 7.26. The Labute approximate surface area is 212 Å². The third-order valence-electron chi connectivity index (χ3n) is 6.27. The van der Waals surface area contributed by atoms with Gasteiger partial charge < -0.3 is 9.80 Å². The van der Waals surface area contributed by atoms with E-state index >= 15 is 0 Å². The summed E-state index contributed by atoms with van der Waals surface area (Å²) >= 11 is 0. The minimum atomic E-state index is 0.305. The highest BCUT2D eigenvalue weighted by atomic mass is 15.2. The Balaban J connectivity index is 1.99. The van der Waals surface area contributed by atoms with Crippen molar-refractivity contribution < 1.29 is 0 Å². The molecule has 3 rings (SSSR count). The van der Waals surface area contributed by atoms with Gasteiger partial charge in [0, 0.05) is 55.1 Å². The van der Waals surface area contributed by atoms with E-state index in [2.05, 4.69) is 126 Å². The van der Waals surface area contributed by atoms with E-state index in [0.29, 0.717) is 17.5 Å². The summed E-state index contributed by atoms with van der Waals surface area (Å²) in [6.07, 6.45) is 3.02. The van der Waals surface area contributed by atoms with E-state index in [1.165, 1.54) is 5.69 Å². The number of benzene rings is 2. The number of aromatic nitrogens is 3. The molecule has 188 valence electrons. The van der Waals surface area contributed by atoms with E-state index in [-0.39, 0.29) is 0 Å². The zero-order valence-electron chi connectivity index (χ0n) is 23.1. The molecule has 0 unspecified atom stereocenters. The zero-order chi connectivity index (χ0) is 25.8. The highest BCUT2D eigenvalue weighted by Gasteiger charge is 2.18. The van der Waals surface area contributed by atoms with Crippen molar-refractivity contribution in [3.63, 3.8) is 0 Å². The van der Waals surface area contributed by atoms with Gasteiger partial charge in [0.25, 0.3) is 0 Å². The van der Waals surface area contributed by atoms with Crippen LogP contribution >= 0.6 is 0 Å². The molecule has 0 bridgehead atoms. The second-order valence-corrected chi connectivity index (χ2v) is 11.4. The maximum absolute atomic E-state index is 5.03. The van der Waals surface area contributed by atoms with Gasteiger partial charge in [0.2, 0.25) is 0 Å². The Morgan fingerprint density at radius 2 is 1.23 bits per heavy atom. The molecule has 5 heteroatoms. The van der Waals surface area contributed by atoms with E-state index in [0.717, 1.165) is 53.3 Å². The summed E-state index contributed by atoms with van der Waals surface area (Å²) in [6.45, 7) is 15.8. The van der Waals surface area contributed by atoms with Crippen LogP contribution in [0.15, 0.2) is 48.5 Å². The molecule has 0 aliphatic carbocycles. The lowest BCUT2D eigenvalue weighted by atomic mass is 9.90. The van der Waals surface area contributed by atoms with Crippen LogP contribution in [0.25, 0.3) is 22.5 Å². The average molecular weight is 474 g/mol. The van der Waals surface area contributed by atoms with Crippen LogP contribution in [0, 0.1) is 5.41 Å². The molecule has 1 aromatic heterocycles. The van der Waals surface area contributed by atoms with Gasteiger partial charge in [0.15, 0.2) is 5.82 Å². The van der Waals surface area contributed by atoms with Gasteiger partial charge >= 0.3 is 0 Å². The molecule has 5 nitrogen and oxygen atoms in total. The van der Waals surface area contributed by atoms with Gasteiger partial charge in [-0.1, -0.05) is 45.0 Å². The van der Waals surface area contributed by atoms with Crippen molar-refractivity contribution in [1.29, 1.82) is 0 Å². The molecule has 1 heterocycles. The quantitative estimate of drug-likeness (QED) is 0.327. The van der Waals surface area contributed by atoms with Crippen molar-refractivity contribution in [3.8, 4) is 22.5 Å². The largest absolute Gasteiger partial charge is 0.378 e. The van der Waals surface area contributed by atoms with Crippen molar-refractivity contribution >= 4 is 11.4 Å². The number of nitrogens with zero attached hydrogens (tertiary/aromatic N) is 5. The number of anilines is 2. The topological polar surface area (TPSA) is 45.2 Å². The van der Waals surface area contributed by atoms with Gasteiger partial charge in [0.05, 0.1) is 0 Å². The summed E-state index contributed by atoms with van der Waals surface area (Å²) < 4.78 is 0. The predicted molar refractivity (Wildman–Crippen MR) is 150 cm³/mol. The molecule has 3 aromatic rings. The highest BCUT2D eigenvalue weighted by molar-refractivity contribution is 5.79. The summed E-state index contributed by atoms with van der Waals surface area (Å²) in [6, 6.07) is 18.1. The minimum absolute atomic E-state index is 0.305. The third kappa shape index (κ3) is 7.03. The fourth-order valence-electron chi connectivity index (χ4n) is 4.54. The van der Waals surface area contributed by atoms with Crippen LogP contribution in [0.3, 0.4) is 0 Å². The number of rotatable bonds is 9. The fourth-order valence-corrected chi connectivity index (χ4v) is 4.54. The van der Waals surface area contributed by atoms with Crippen molar-refractivity contribution in [2.75, 3.05) is 23.9 Å². The molecule has 0 N–H and O–H groups in total. The number of hydrogen-bond acceptors (Lipinski definition) is 5. The van der Waals surface area contributed by atoms with Crippen molar-refractivity contribution in [2.45, 2.75) is 79.8 Å². The molecule has 2 aromatic carbocycles. The molecule has 0 aliphatic heterocycles. The Hall–Kier alpha value is -2.95. The van der Waals surface area contributed by atoms with Crippen LogP contribution in [0.2, 0.25) is 0 Å². The van der Waals surface area contributed by atoms with E-state index < -0.39 is 0 Å². The Morgan fingerprint density at radius 1 is 0.714 bits per heavy atom. The van der Waals surface area contributed by atoms with Gasteiger partial charge in [-0.25, -0.2) is 4.98 Å². The molecule has 0 amide bonds. The number of aryl methyl sites for hydroxylation is 1. The number of hydrogen-bond donors (Lipinski definition) is 0. The van der Waals surface area contributed by atoms with Gasteiger partial charge in [0.1, 0.15) is 11.4 Å². The van der Waals surface area contributed by atoms with Crippen LogP contribution < -0.4 is 9.80 Å². The minimum Gasteiger partial charge on any atom is -0.378 e. The molecule has 0 saturated carbocycles. The third-order valence-corrected chi connectivity index (χ3v) is 6.27. The van der Waals surface area contributed by atoms with Gasteiger partial charge in [-0.05, 0) is 70.2 Å². The molecule has 35 heavy (non-hydrogen) atoms. The first-order chi connectivity index (χ1) is 16.5. The second-order valence-electron chi connectivity index (χ2n) is 11.4. The van der Waals surface area contributed by atoms with Crippen LogP contribution in [-0.4, -0.2) is 41.4 Å². The molecule has 0 spiro atoms. The first-order valence-electron chi connectivity index (χ1n) is 12.9. The maximum atomic E-state index is 5.03. The Kier molecular flexibility index (Phi) is 8.52. The maximum Gasteiger partial charge on any atom is 0.151 e. The monoisotopic (exact) mass is 473 g/mol. The van der Waals surface area contributed by atoms with Crippen LogP contribution in [0.4, 0.5) is 11.4 Å². The molecular weight excluding hydrogens is 430 g/mol. The van der Waals surface area contributed by atoms with Crippen molar-refractivity contribution in [3.05, 3.63) is 54.4 Å². The Bertz CT molecular complexity index is 1070. The molecular formula is C30H43N5. The molecule has 0 fully saturated rings. The smallest absolute Gasteiger partial charge is 0.151 e. The summed E-state index contributed by atoms with van der Waals surface area (Å²) in [4.78, 5) is 9.56. The molecule has 0 atom stereocenters. The first kappa shape index (κ1) is 26.7. The lowest BCUT2D eigenvalue weighted by molar-refractivity contribution is 0.364. The summed E-state index contributed by atoms with van der Waals surface area (Å²) in [5.41, 5.74) is 6.51. The molecule has 0 saturated heterocycles. The zero-order valence-corrected chi connectivity index (χ0v) is 23.1. The summed E-state index contributed by atoms with van der Waals surface area (Å²) in [5, 5.41) is 9.25. The van der Waals surface area contributed by atoms with Gasteiger partial charge in [-0.15, -0.1) is 10.2 Å². The molecule has 0 aliphatic rings. The van der Waals surface area contributed by atoms with Crippen molar-refractivity contribution in [1.82, 2.24) is 15.2 Å². The first-order valence-corrected chi connectivity index (χ1v) is 12.9. The van der Waals surface area contributed by atoms with Crippen LogP contribution in [0.1, 0.15) is 67.1 Å². The Morgan fingerprint density at radius 3 is 1.71 bits per heavy atom. The standard InChI is InChI=1S/C30H43N5/c1-21(2)35(22(3)4)26-18-14-24(15-19-26)29-28(23-12-16-25(17-13-23)34(8)9)31-27(32-33-29)11-10-20-30(5,6)7/h12-19,21-22H,10-11,20H2,1-9H3. The fraction of sp³-hybridized carbons (Fsp3) is 0.500. The van der Waals surface area contributed by atoms with E-state index in [1.54, 1.807) is 0 Å². The lowest BCUT2D eigenvalue weighted by Gasteiger charge is -2.33. The van der Waals surface area contributed by atoms with Gasteiger partial charge in [-0.2, -0.15) is 0 Å². The average Bonchev–Trinajstić information content (AvgIpc) is 2.78. The second kappa shape index (κ2) is 11.2.